The molecule has 2 heteroatoms. The maximum atomic E-state index is 6.13. The Labute approximate surface area is 104 Å². The van der Waals surface area contributed by atoms with Crippen LogP contribution in [0.2, 0.25) is 5.02 Å². The van der Waals surface area contributed by atoms with Gasteiger partial charge in [-0.1, -0.05) is 49.6 Å². The highest BCUT2D eigenvalue weighted by molar-refractivity contribution is 6.32. The van der Waals surface area contributed by atoms with Crippen LogP contribution in [0.3, 0.4) is 0 Å². The molecule has 0 bridgehead atoms. The summed E-state index contributed by atoms with van der Waals surface area (Å²) >= 11 is 6.13. The van der Waals surface area contributed by atoms with E-state index in [9.17, 15) is 0 Å². The molecule has 0 saturated carbocycles. The van der Waals surface area contributed by atoms with E-state index in [0.29, 0.717) is 0 Å². The summed E-state index contributed by atoms with van der Waals surface area (Å²) in [6.07, 6.45) is 3.67. The molecule has 0 saturated heterocycles. The molecule has 0 atom stereocenters. The van der Waals surface area contributed by atoms with Crippen LogP contribution in [0.1, 0.15) is 37.3 Å². The average Bonchev–Trinajstić information content (AvgIpc) is 2.27. The minimum atomic E-state index is 0.763. The third-order valence-electron chi connectivity index (χ3n) is 2.57. The summed E-state index contributed by atoms with van der Waals surface area (Å²) < 4.78 is 0. The van der Waals surface area contributed by atoms with E-state index < -0.39 is 0 Å². The molecular weight excluding hydrogens is 218 g/mol. The zero-order chi connectivity index (χ0) is 12.0. The summed E-state index contributed by atoms with van der Waals surface area (Å²) in [5.41, 5.74) is 3.14. The van der Waals surface area contributed by atoms with Crippen LogP contribution >= 0.6 is 11.6 Å². The van der Waals surface area contributed by atoms with E-state index >= 15 is 0 Å². The average molecular weight is 238 g/mol. The molecule has 1 rings (SSSR count). The number of benzene rings is 1. The maximum absolute atomic E-state index is 6.13. The zero-order valence-corrected chi connectivity index (χ0v) is 10.9. The molecule has 1 aromatic rings. The van der Waals surface area contributed by atoms with Crippen molar-refractivity contribution in [2.75, 3.05) is 6.54 Å². The van der Waals surface area contributed by atoms with Gasteiger partial charge in [0.05, 0.1) is 0 Å². The van der Waals surface area contributed by atoms with Crippen molar-refractivity contribution >= 4 is 17.3 Å². The molecule has 0 aliphatic heterocycles. The predicted molar refractivity (Wildman–Crippen MR) is 72.8 cm³/mol. The van der Waals surface area contributed by atoms with E-state index in [2.05, 4.69) is 31.8 Å². The molecule has 0 unspecified atom stereocenters. The highest BCUT2D eigenvalue weighted by Gasteiger charge is 2.03. The van der Waals surface area contributed by atoms with Crippen LogP contribution in [0.25, 0.3) is 5.70 Å². The van der Waals surface area contributed by atoms with Gasteiger partial charge in [0.25, 0.3) is 0 Å². The Kier molecular flexibility index (Phi) is 5.41. The molecule has 0 spiro atoms. The second kappa shape index (κ2) is 6.59. The van der Waals surface area contributed by atoms with E-state index in [1.807, 2.05) is 12.1 Å². The molecule has 0 heterocycles. The SMILES string of the molecule is C=C(NCCCCC)c1cc(C)ccc1Cl. The number of nitrogens with one attached hydrogen (secondary N) is 1. The summed E-state index contributed by atoms with van der Waals surface area (Å²) in [5, 5.41) is 4.09. The number of aryl methyl sites for hydroxylation is 1. The highest BCUT2D eigenvalue weighted by atomic mass is 35.5. The van der Waals surface area contributed by atoms with E-state index in [4.69, 9.17) is 11.6 Å². The van der Waals surface area contributed by atoms with E-state index in [1.165, 1.54) is 24.8 Å². The van der Waals surface area contributed by atoms with Gasteiger partial charge in [0, 0.05) is 22.8 Å². The molecule has 16 heavy (non-hydrogen) atoms. The van der Waals surface area contributed by atoms with Crippen LogP contribution in [-0.4, -0.2) is 6.54 Å². The lowest BCUT2D eigenvalue weighted by molar-refractivity contribution is 0.689. The number of halogens is 1. The Balaban J connectivity index is 2.55. The fourth-order valence-electron chi connectivity index (χ4n) is 1.58. The standard InChI is InChI=1S/C14H20ClN/c1-4-5-6-9-16-12(3)13-10-11(2)7-8-14(13)15/h7-8,10,16H,3-6,9H2,1-2H3. The molecule has 0 aromatic heterocycles. The van der Waals surface area contributed by atoms with Crippen molar-refractivity contribution in [1.82, 2.24) is 5.32 Å². The van der Waals surface area contributed by atoms with Gasteiger partial charge in [-0.05, 0) is 25.5 Å². The van der Waals surface area contributed by atoms with Gasteiger partial charge in [0.1, 0.15) is 0 Å². The van der Waals surface area contributed by atoms with Gasteiger partial charge >= 0.3 is 0 Å². The quantitative estimate of drug-likeness (QED) is 0.724. The lowest BCUT2D eigenvalue weighted by Gasteiger charge is -2.11. The summed E-state index contributed by atoms with van der Waals surface area (Å²) in [6, 6.07) is 6.00. The first kappa shape index (κ1) is 13.1. The second-order valence-corrected chi connectivity index (χ2v) is 4.50. The predicted octanol–water partition coefficient (Wildman–Crippen LogP) is 4.40. The first-order valence-corrected chi connectivity index (χ1v) is 6.22. The van der Waals surface area contributed by atoms with Crippen LogP contribution in [0, 0.1) is 6.92 Å². The molecule has 0 amide bonds. The number of rotatable bonds is 6. The second-order valence-electron chi connectivity index (χ2n) is 4.10. The lowest BCUT2D eigenvalue weighted by Crippen LogP contribution is -2.13. The van der Waals surface area contributed by atoms with Crippen molar-refractivity contribution in [2.24, 2.45) is 0 Å². The minimum absolute atomic E-state index is 0.763. The van der Waals surface area contributed by atoms with Crippen LogP contribution < -0.4 is 5.32 Å². The van der Waals surface area contributed by atoms with E-state index in [1.54, 1.807) is 0 Å². The molecule has 0 aliphatic carbocycles. The number of unbranched alkanes of at least 4 members (excludes halogenated alkanes) is 2. The van der Waals surface area contributed by atoms with Crippen LogP contribution in [0.15, 0.2) is 24.8 Å². The number of hydrogen-bond acceptors (Lipinski definition) is 1. The van der Waals surface area contributed by atoms with Crippen LogP contribution in [0.5, 0.6) is 0 Å². The Morgan fingerprint density at radius 2 is 2.12 bits per heavy atom. The highest BCUT2D eigenvalue weighted by Crippen LogP contribution is 2.22. The Morgan fingerprint density at radius 1 is 1.38 bits per heavy atom. The first-order valence-electron chi connectivity index (χ1n) is 5.84. The van der Waals surface area contributed by atoms with Gasteiger partial charge in [-0.25, -0.2) is 0 Å². The zero-order valence-electron chi connectivity index (χ0n) is 10.1. The summed E-state index contributed by atoms with van der Waals surface area (Å²) in [6.45, 7) is 9.26. The minimum Gasteiger partial charge on any atom is -0.385 e. The van der Waals surface area contributed by atoms with E-state index in [-0.39, 0.29) is 0 Å². The summed E-state index contributed by atoms with van der Waals surface area (Å²) in [5.74, 6) is 0. The van der Waals surface area contributed by atoms with Gasteiger partial charge in [-0.15, -0.1) is 0 Å². The van der Waals surface area contributed by atoms with Gasteiger partial charge in [0.15, 0.2) is 0 Å². The molecular formula is C14H20ClN. The van der Waals surface area contributed by atoms with Crippen molar-refractivity contribution in [3.63, 3.8) is 0 Å². The van der Waals surface area contributed by atoms with Crippen molar-refractivity contribution in [3.05, 3.63) is 40.9 Å². The fraction of sp³-hybridized carbons (Fsp3) is 0.429. The Morgan fingerprint density at radius 3 is 2.81 bits per heavy atom. The molecule has 1 aromatic carbocycles. The van der Waals surface area contributed by atoms with Gasteiger partial charge < -0.3 is 5.32 Å². The first-order chi connectivity index (χ1) is 7.65. The van der Waals surface area contributed by atoms with Gasteiger partial charge in [0.2, 0.25) is 0 Å². The van der Waals surface area contributed by atoms with E-state index in [0.717, 1.165) is 22.8 Å². The maximum Gasteiger partial charge on any atom is 0.0499 e. The third kappa shape index (κ3) is 3.90. The topological polar surface area (TPSA) is 12.0 Å². The Hall–Kier alpha value is -0.950. The van der Waals surface area contributed by atoms with Crippen molar-refractivity contribution in [2.45, 2.75) is 33.1 Å². The van der Waals surface area contributed by atoms with Crippen LogP contribution in [0.4, 0.5) is 0 Å². The van der Waals surface area contributed by atoms with Crippen molar-refractivity contribution < 1.29 is 0 Å². The lowest BCUT2D eigenvalue weighted by atomic mass is 10.1. The van der Waals surface area contributed by atoms with Crippen molar-refractivity contribution in [3.8, 4) is 0 Å². The number of hydrogen-bond donors (Lipinski definition) is 1. The Bertz CT molecular complexity index is 358. The van der Waals surface area contributed by atoms with Crippen LogP contribution in [-0.2, 0) is 0 Å². The van der Waals surface area contributed by atoms with Gasteiger partial charge in [-0.3, -0.25) is 0 Å². The molecule has 1 nitrogen and oxygen atoms in total. The normalized spacial score (nSPS) is 10.2. The fourth-order valence-corrected chi connectivity index (χ4v) is 1.81. The smallest absolute Gasteiger partial charge is 0.0499 e. The molecule has 88 valence electrons. The summed E-state index contributed by atoms with van der Waals surface area (Å²) in [4.78, 5) is 0. The third-order valence-corrected chi connectivity index (χ3v) is 2.90. The summed E-state index contributed by atoms with van der Waals surface area (Å²) in [7, 11) is 0. The molecule has 0 fully saturated rings. The monoisotopic (exact) mass is 237 g/mol. The largest absolute Gasteiger partial charge is 0.385 e. The molecule has 0 radical (unpaired) electrons. The molecule has 0 aliphatic rings. The van der Waals surface area contributed by atoms with Gasteiger partial charge in [-0.2, -0.15) is 0 Å². The van der Waals surface area contributed by atoms with Crippen molar-refractivity contribution in [1.29, 1.82) is 0 Å². The molecule has 1 N–H and O–H groups in total.